The first-order valence-corrected chi connectivity index (χ1v) is 7.24. The highest BCUT2D eigenvalue weighted by Gasteiger charge is 2.25. The molecule has 1 unspecified atom stereocenters. The van der Waals surface area contributed by atoms with Crippen LogP contribution in [0.4, 0.5) is 0 Å². The molecule has 0 aromatic heterocycles. The SMILES string of the molecule is CC(C)NCCCC(=O)NCC1Cc2ccccc21. The van der Waals surface area contributed by atoms with Crippen LogP contribution in [0.3, 0.4) is 0 Å². The van der Waals surface area contributed by atoms with Gasteiger partial charge in [0.1, 0.15) is 0 Å². The predicted molar refractivity (Wildman–Crippen MR) is 78.3 cm³/mol. The number of amides is 1. The van der Waals surface area contributed by atoms with E-state index in [2.05, 4.69) is 48.7 Å². The van der Waals surface area contributed by atoms with Gasteiger partial charge in [-0.25, -0.2) is 0 Å². The number of rotatable bonds is 7. The van der Waals surface area contributed by atoms with Crippen molar-refractivity contribution in [2.45, 2.75) is 45.1 Å². The van der Waals surface area contributed by atoms with Gasteiger partial charge >= 0.3 is 0 Å². The van der Waals surface area contributed by atoms with Crippen LogP contribution >= 0.6 is 0 Å². The van der Waals surface area contributed by atoms with E-state index in [1.165, 1.54) is 11.1 Å². The predicted octanol–water partition coefficient (Wildman–Crippen LogP) is 2.22. The van der Waals surface area contributed by atoms with Crippen molar-refractivity contribution in [2.75, 3.05) is 13.1 Å². The highest BCUT2D eigenvalue weighted by Crippen LogP contribution is 2.33. The van der Waals surface area contributed by atoms with Gasteiger partial charge in [-0.3, -0.25) is 4.79 Å². The molecule has 1 aliphatic carbocycles. The summed E-state index contributed by atoms with van der Waals surface area (Å²) in [6.07, 6.45) is 2.63. The summed E-state index contributed by atoms with van der Waals surface area (Å²) >= 11 is 0. The lowest BCUT2D eigenvalue weighted by Gasteiger charge is -2.30. The number of fused-ring (bicyclic) bond motifs is 1. The molecule has 0 saturated carbocycles. The van der Waals surface area contributed by atoms with Crippen molar-refractivity contribution in [3.8, 4) is 0 Å². The summed E-state index contributed by atoms with van der Waals surface area (Å²) in [5.74, 6) is 0.698. The Bertz CT molecular complexity index is 429. The molecule has 0 spiro atoms. The summed E-state index contributed by atoms with van der Waals surface area (Å²) in [7, 11) is 0. The lowest BCUT2D eigenvalue weighted by Crippen LogP contribution is -2.33. The van der Waals surface area contributed by atoms with E-state index in [0.29, 0.717) is 18.4 Å². The molecule has 104 valence electrons. The van der Waals surface area contributed by atoms with Gasteiger partial charge in [0.25, 0.3) is 0 Å². The Balaban J connectivity index is 1.60. The average Bonchev–Trinajstić information content (AvgIpc) is 2.35. The zero-order valence-corrected chi connectivity index (χ0v) is 11.9. The number of benzene rings is 1. The number of carbonyl (C=O) groups is 1. The normalized spacial score (nSPS) is 16.9. The van der Waals surface area contributed by atoms with Crippen LogP contribution in [0.25, 0.3) is 0 Å². The summed E-state index contributed by atoms with van der Waals surface area (Å²) < 4.78 is 0. The fourth-order valence-corrected chi connectivity index (χ4v) is 2.51. The lowest BCUT2D eigenvalue weighted by molar-refractivity contribution is -0.121. The molecule has 0 aliphatic heterocycles. The molecule has 1 aliphatic rings. The Morgan fingerprint density at radius 1 is 1.37 bits per heavy atom. The Morgan fingerprint density at radius 2 is 2.16 bits per heavy atom. The third kappa shape index (κ3) is 4.06. The highest BCUT2D eigenvalue weighted by atomic mass is 16.1. The molecule has 3 heteroatoms. The van der Waals surface area contributed by atoms with E-state index in [9.17, 15) is 4.79 Å². The van der Waals surface area contributed by atoms with Gasteiger partial charge in [-0.2, -0.15) is 0 Å². The molecule has 0 saturated heterocycles. The van der Waals surface area contributed by atoms with Gasteiger partial charge in [-0.05, 0) is 30.5 Å². The maximum absolute atomic E-state index is 11.7. The second-order valence-corrected chi connectivity index (χ2v) is 5.62. The van der Waals surface area contributed by atoms with Crippen molar-refractivity contribution in [2.24, 2.45) is 0 Å². The molecule has 3 nitrogen and oxygen atoms in total. The molecule has 0 fully saturated rings. The van der Waals surface area contributed by atoms with Gasteiger partial charge in [-0.1, -0.05) is 38.1 Å². The van der Waals surface area contributed by atoms with Crippen molar-refractivity contribution >= 4 is 5.91 Å². The Hall–Kier alpha value is -1.35. The van der Waals surface area contributed by atoms with Crippen LogP contribution in [-0.2, 0) is 11.2 Å². The number of hydrogen-bond acceptors (Lipinski definition) is 2. The summed E-state index contributed by atoms with van der Waals surface area (Å²) in [6, 6.07) is 8.99. The minimum absolute atomic E-state index is 0.176. The number of carbonyl (C=O) groups excluding carboxylic acids is 1. The van der Waals surface area contributed by atoms with E-state index in [1.54, 1.807) is 0 Å². The van der Waals surface area contributed by atoms with E-state index in [0.717, 1.165) is 25.9 Å². The van der Waals surface area contributed by atoms with Gasteiger partial charge < -0.3 is 10.6 Å². The van der Waals surface area contributed by atoms with Crippen LogP contribution in [0.2, 0.25) is 0 Å². The van der Waals surface area contributed by atoms with E-state index >= 15 is 0 Å². The topological polar surface area (TPSA) is 41.1 Å². The fourth-order valence-electron chi connectivity index (χ4n) is 2.51. The molecule has 19 heavy (non-hydrogen) atoms. The van der Waals surface area contributed by atoms with Crippen LogP contribution < -0.4 is 10.6 Å². The van der Waals surface area contributed by atoms with E-state index in [1.807, 2.05) is 0 Å². The molecule has 1 amide bonds. The van der Waals surface area contributed by atoms with E-state index in [4.69, 9.17) is 0 Å². The quantitative estimate of drug-likeness (QED) is 0.738. The van der Waals surface area contributed by atoms with E-state index < -0.39 is 0 Å². The van der Waals surface area contributed by atoms with Crippen molar-refractivity contribution < 1.29 is 4.79 Å². The van der Waals surface area contributed by atoms with Crippen molar-refractivity contribution in [3.63, 3.8) is 0 Å². The third-order valence-electron chi connectivity index (χ3n) is 3.64. The monoisotopic (exact) mass is 260 g/mol. The Labute approximate surface area is 115 Å². The van der Waals surface area contributed by atoms with Crippen LogP contribution in [0.5, 0.6) is 0 Å². The largest absolute Gasteiger partial charge is 0.355 e. The Morgan fingerprint density at radius 3 is 2.89 bits per heavy atom. The zero-order valence-electron chi connectivity index (χ0n) is 11.9. The maximum atomic E-state index is 11.7. The molecular formula is C16H24N2O. The summed E-state index contributed by atoms with van der Waals surface area (Å²) in [6.45, 7) is 5.94. The van der Waals surface area contributed by atoms with Crippen molar-refractivity contribution in [1.29, 1.82) is 0 Å². The van der Waals surface area contributed by atoms with Crippen LogP contribution in [0, 0.1) is 0 Å². The molecule has 0 radical (unpaired) electrons. The molecule has 1 aromatic carbocycles. The van der Waals surface area contributed by atoms with E-state index in [-0.39, 0.29) is 5.91 Å². The third-order valence-corrected chi connectivity index (χ3v) is 3.64. The van der Waals surface area contributed by atoms with Crippen LogP contribution in [0.1, 0.15) is 43.7 Å². The molecule has 2 rings (SSSR count). The second-order valence-electron chi connectivity index (χ2n) is 5.62. The van der Waals surface area contributed by atoms with Crippen molar-refractivity contribution in [3.05, 3.63) is 35.4 Å². The highest BCUT2D eigenvalue weighted by molar-refractivity contribution is 5.76. The number of nitrogens with one attached hydrogen (secondary N) is 2. The first-order valence-electron chi connectivity index (χ1n) is 7.24. The molecule has 1 atom stereocenters. The number of hydrogen-bond donors (Lipinski definition) is 2. The van der Waals surface area contributed by atoms with Gasteiger partial charge in [0, 0.05) is 24.9 Å². The van der Waals surface area contributed by atoms with Gasteiger partial charge in [-0.15, -0.1) is 0 Å². The summed E-state index contributed by atoms with van der Waals surface area (Å²) in [4.78, 5) is 11.7. The standard InChI is InChI=1S/C16H24N2O/c1-12(2)17-9-5-8-16(19)18-11-14-10-13-6-3-4-7-15(13)14/h3-4,6-7,12,14,17H,5,8-11H2,1-2H3,(H,18,19). The van der Waals surface area contributed by atoms with Gasteiger partial charge in [0.2, 0.25) is 5.91 Å². The lowest BCUT2D eigenvalue weighted by atomic mass is 9.77. The zero-order chi connectivity index (χ0) is 13.7. The van der Waals surface area contributed by atoms with Gasteiger partial charge in [0.05, 0.1) is 0 Å². The molecule has 0 bridgehead atoms. The Kier molecular flexibility index (Phi) is 4.97. The summed E-state index contributed by atoms with van der Waals surface area (Å²) in [5.41, 5.74) is 2.84. The average molecular weight is 260 g/mol. The minimum atomic E-state index is 0.176. The van der Waals surface area contributed by atoms with Crippen LogP contribution in [-0.4, -0.2) is 25.0 Å². The minimum Gasteiger partial charge on any atom is -0.355 e. The smallest absolute Gasteiger partial charge is 0.220 e. The first-order chi connectivity index (χ1) is 9.16. The molecule has 0 heterocycles. The van der Waals surface area contributed by atoms with Gasteiger partial charge in [0.15, 0.2) is 0 Å². The molecule has 1 aromatic rings. The first kappa shape index (κ1) is 14.1. The second kappa shape index (κ2) is 6.71. The van der Waals surface area contributed by atoms with Crippen LogP contribution in [0.15, 0.2) is 24.3 Å². The van der Waals surface area contributed by atoms with Crippen molar-refractivity contribution in [1.82, 2.24) is 10.6 Å². The molecule has 2 N–H and O–H groups in total. The summed E-state index contributed by atoms with van der Waals surface area (Å²) in [5, 5.41) is 6.37. The fraction of sp³-hybridized carbons (Fsp3) is 0.562. The molecular weight excluding hydrogens is 236 g/mol. The maximum Gasteiger partial charge on any atom is 0.220 e.